The Balaban J connectivity index is 2.01. The number of nitrogens with one attached hydrogen (secondary N) is 1. The summed E-state index contributed by atoms with van der Waals surface area (Å²) in [6.07, 6.45) is -3.35. The van der Waals surface area contributed by atoms with Gasteiger partial charge in [-0.3, -0.25) is 9.59 Å². The third-order valence-corrected chi connectivity index (χ3v) is 5.15. The van der Waals surface area contributed by atoms with Crippen LogP contribution < -0.4 is 10.9 Å². The smallest absolute Gasteiger partial charge is 0.336 e. The molecule has 2 heterocycles. The van der Waals surface area contributed by atoms with Crippen molar-refractivity contribution in [3.05, 3.63) is 63.0 Å². The van der Waals surface area contributed by atoms with Crippen molar-refractivity contribution in [2.45, 2.75) is 19.1 Å². The number of carbonyl (C=O) groups excluding carboxylic acids is 1. The van der Waals surface area contributed by atoms with Crippen molar-refractivity contribution in [3.8, 4) is 0 Å². The Morgan fingerprint density at radius 2 is 1.92 bits per heavy atom. The number of rotatable bonds is 3. The quantitative estimate of drug-likeness (QED) is 0.757. The van der Waals surface area contributed by atoms with Crippen LogP contribution in [0.4, 0.5) is 13.2 Å². The van der Waals surface area contributed by atoms with E-state index in [1.165, 1.54) is 49.1 Å². The summed E-state index contributed by atoms with van der Waals surface area (Å²) in [4.78, 5) is 29.2. The van der Waals surface area contributed by atoms with E-state index in [9.17, 15) is 22.8 Å². The van der Waals surface area contributed by atoms with Crippen molar-refractivity contribution in [2.75, 3.05) is 0 Å². The highest BCUT2D eigenvalue weighted by molar-refractivity contribution is 7.20. The molecule has 3 rings (SSSR count). The summed E-state index contributed by atoms with van der Waals surface area (Å²) < 4.78 is 41.5. The summed E-state index contributed by atoms with van der Waals surface area (Å²) >= 11 is 0.899. The molecule has 0 aliphatic carbocycles. The summed E-state index contributed by atoms with van der Waals surface area (Å²) in [5.41, 5.74) is -0.0930. The maximum Gasteiger partial charge on any atom is 0.412 e. The average molecular weight is 381 g/mol. The van der Waals surface area contributed by atoms with E-state index in [2.05, 4.69) is 4.98 Å². The Morgan fingerprint density at radius 1 is 1.27 bits per heavy atom. The van der Waals surface area contributed by atoms with Crippen LogP contribution in [0.5, 0.6) is 0 Å². The Morgan fingerprint density at radius 3 is 2.54 bits per heavy atom. The molecule has 0 aliphatic heterocycles. The lowest BCUT2D eigenvalue weighted by Gasteiger charge is -2.21. The second-order valence-corrected chi connectivity index (χ2v) is 6.75. The maximum atomic E-state index is 13.4. The topological polar surface area (TPSA) is 64.0 Å². The van der Waals surface area contributed by atoms with E-state index < -0.39 is 18.1 Å². The van der Waals surface area contributed by atoms with Gasteiger partial charge in [0.2, 0.25) is 0 Å². The molecule has 0 aliphatic rings. The molecule has 2 aromatic heterocycles. The first-order valence-corrected chi connectivity index (χ1v) is 8.39. The first-order valence-electron chi connectivity index (χ1n) is 7.57. The number of alkyl halides is 3. The minimum Gasteiger partial charge on any atom is -0.336 e. The minimum absolute atomic E-state index is 0.0426. The number of hydrogen-bond donors (Lipinski definition) is 1. The normalized spacial score (nSPS) is 13.0. The standard InChI is InChI=1S/C17H14F3N3O2S/c1-9-11-15(21-8-23(2)16(11)25)26-12(9)14(24)22-13(17(18,19)20)10-6-4-3-5-7-10/h3-8,13H,1-2H3,(H,22,24). The van der Waals surface area contributed by atoms with Crippen LogP contribution in [-0.2, 0) is 7.05 Å². The second kappa shape index (κ2) is 6.56. The fourth-order valence-corrected chi connectivity index (χ4v) is 3.66. The molecule has 0 radical (unpaired) electrons. The molecule has 3 aromatic rings. The average Bonchev–Trinajstić information content (AvgIpc) is 2.93. The van der Waals surface area contributed by atoms with Crippen LogP contribution in [0, 0.1) is 6.92 Å². The minimum atomic E-state index is -4.66. The molecule has 26 heavy (non-hydrogen) atoms. The van der Waals surface area contributed by atoms with Crippen LogP contribution in [0.2, 0.25) is 0 Å². The molecule has 1 unspecified atom stereocenters. The van der Waals surface area contributed by atoms with Gasteiger partial charge in [0.05, 0.1) is 16.6 Å². The molecule has 0 fully saturated rings. The first-order chi connectivity index (χ1) is 12.2. The number of fused-ring (bicyclic) bond motifs is 1. The maximum absolute atomic E-state index is 13.4. The Labute approximate surface area is 150 Å². The van der Waals surface area contributed by atoms with Crippen molar-refractivity contribution in [1.82, 2.24) is 14.9 Å². The number of benzene rings is 1. The molecular weight excluding hydrogens is 367 g/mol. The van der Waals surface area contributed by atoms with Crippen LogP contribution in [0.3, 0.4) is 0 Å². The van der Waals surface area contributed by atoms with Gasteiger partial charge in [0, 0.05) is 7.05 Å². The summed E-state index contributed by atoms with van der Waals surface area (Å²) in [5.74, 6) is -0.890. The van der Waals surface area contributed by atoms with Crippen LogP contribution in [0.15, 0.2) is 41.5 Å². The molecule has 1 N–H and O–H groups in total. The SMILES string of the molecule is Cc1c(C(=O)NC(c2ccccc2)C(F)(F)F)sc2ncn(C)c(=O)c12. The molecule has 0 bridgehead atoms. The molecule has 5 nitrogen and oxygen atoms in total. The fourth-order valence-electron chi connectivity index (χ4n) is 2.62. The fraction of sp³-hybridized carbons (Fsp3) is 0.235. The van der Waals surface area contributed by atoms with Gasteiger partial charge < -0.3 is 9.88 Å². The predicted octanol–water partition coefficient (Wildman–Crippen LogP) is 3.34. The van der Waals surface area contributed by atoms with E-state index in [-0.39, 0.29) is 21.4 Å². The summed E-state index contributed by atoms with van der Waals surface area (Å²) in [6.45, 7) is 1.53. The van der Waals surface area contributed by atoms with E-state index in [0.717, 1.165) is 11.3 Å². The zero-order valence-corrected chi connectivity index (χ0v) is 14.6. The lowest BCUT2D eigenvalue weighted by molar-refractivity contribution is -0.155. The number of halogens is 3. The Kier molecular flexibility index (Phi) is 4.57. The van der Waals surface area contributed by atoms with E-state index in [1.54, 1.807) is 6.07 Å². The van der Waals surface area contributed by atoms with Gasteiger partial charge in [-0.1, -0.05) is 30.3 Å². The van der Waals surface area contributed by atoms with Crippen LogP contribution in [-0.4, -0.2) is 21.6 Å². The summed E-state index contributed by atoms with van der Waals surface area (Å²) in [6, 6.07) is 4.99. The van der Waals surface area contributed by atoms with Gasteiger partial charge in [-0.2, -0.15) is 13.2 Å². The Hall–Kier alpha value is -2.68. The van der Waals surface area contributed by atoms with Crippen molar-refractivity contribution in [1.29, 1.82) is 0 Å². The van der Waals surface area contributed by atoms with Gasteiger partial charge in [-0.15, -0.1) is 11.3 Å². The van der Waals surface area contributed by atoms with Crippen molar-refractivity contribution >= 4 is 27.5 Å². The number of thiophene rings is 1. The monoisotopic (exact) mass is 381 g/mol. The van der Waals surface area contributed by atoms with Crippen molar-refractivity contribution < 1.29 is 18.0 Å². The van der Waals surface area contributed by atoms with Crippen molar-refractivity contribution in [2.24, 2.45) is 7.05 Å². The highest BCUT2D eigenvalue weighted by Crippen LogP contribution is 2.34. The highest BCUT2D eigenvalue weighted by Gasteiger charge is 2.42. The number of aromatic nitrogens is 2. The number of aryl methyl sites for hydroxylation is 2. The molecule has 9 heteroatoms. The summed E-state index contributed by atoms with van der Waals surface area (Å²) in [5, 5.41) is 2.28. The van der Waals surface area contributed by atoms with Gasteiger partial charge in [-0.25, -0.2) is 4.98 Å². The van der Waals surface area contributed by atoms with E-state index in [0.29, 0.717) is 10.4 Å². The molecule has 1 amide bonds. The molecule has 1 aromatic carbocycles. The number of carbonyl (C=O) groups is 1. The molecule has 0 saturated heterocycles. The zero-order valence-electron chi connectivity index (χ0n) is 13.8. The highest BCUT2D eigenvalue weighted by atomic mass is 32.1. The third-order valence-electron chi connectivity index (χ3n) is 3.95. The largest absolute Gasteiger partial charge is 0.412 e. The molecule has 0 spiro atoms. The molecular formula is C17H14F3N3O2S. The molecule has 136 valence electrons. The molecule has 1 atom stereocenters. The Bertz CT molecular complexity index is 1030. The number of hydrogen-bond acceptors (Lipinski definition) is 4. The van der Waals surface area contributed by atoms with Crippen LogP contribution in [0.25, 0.3) is 10.2 Å². The lowest BCUT2D eigenvalue weighted by atomic mass is 10.1. The summed E-state index contributed by atoms with van der Waals surface area (Å²) in [7, 11) is 1.51. The number of nitrogens with zero attached hydrogens (tertiary/aromatic N) is 2. The van der Waals surface area contributed by atoms with Gasteiger partial charge in [0.25, 0.3) is 11.5 Å². The third kappa shape index (κ3) is 3.22. The predicted molar refractivity (Wildman–Crippen MR) is 92.3 cm³/mol. The van der Waals surface area contributed by atoms with Gasteiger partial charge in [0.1, 0.15) is 4.83 Å². The van der Waals surface area contributed by atoms with E-state index in [1.807, 2.05) is 5.32 Å². The molecule has 0 saturated carbocycles. The lowest BCUT2D eigenvalue weighted by Crippen LogP contribution is -2.38. The van der Waals surface area contributed by atoms with Crippen molar-refractivity contribution in [3.63, 3.8) is 0 Å². The van der Waals surface area contributed by atoms with E-state index >= 15 is 0 Å². The second-order valence-electron chi connectivity index (χ2n) is 5.76. The van der Waals surface area contributed by atoms with Crippen LogP contribution >= 0.6 is 11.3 Å². The van der Waals surface area contributed by atoms with E-state index in [4.69, 9.17) is 0 Å². The zero-order chi connectivity index (χ0) is 19.1. The first kappa shape index (κ1) is 18.1. The van der Waals surface area contributed by atoms with Gasteiger partial charge >= 0.3 is 6.18 Å². The van der Waals surface area contributed by atoms with Gasteiger partial charge in [-0.05, 0) is 18.1 Å². The number of amides is 1. The van der Waals surface area contributed by atoms with Crippen LogP contribution in [0.1, 0.15) is 26.8 Å². The van der Waals surface area contributed by atoms with Gasteiger partial charge in [0.15, 0.2) is 6.04 Å².